The van der Waals surface area contributed by atoms with Gasteiger partial charge in [-0.1, -0.05) is 63.3 Å². The molecule has 0 saturated heterocycles. The first kappa shape index (κ1) is 18.0. The SMILES string of the molecule is CCCCCCCCC1OCC=CC(Oc2ccccc2C)O1. The molecule has 1 aliphatic rings. The third-order valence-corrected chi connectivity index (χ3v) is 4.09. The van der Waals surface area contributed by atoms with E-state index in [0.29, 0.717) is 6.61 Å². The molecule has 0 spiro atoms. The predicted molar refractivity (Wildman–Crippen MR) is 93.6 cm³/mol. The molecule has 0 aromatic heterocycles. The van der Waals surface area contributed by atoms with Crippen molar-refractivity contribution in [3.8, 4) is 5.75 Å². The second-order valence-corrected chi connectivity index (χ2v) is 6.14. The third kappa shape index (κ3) is 6.76. The second-order valence-electron chi connectivity index (χ2n) is 6.14. The average molecular weight is 318 g/mol. The predicted octanol–water partition coefficient (Wildman–Crippen LogP) is 5.38. The topological polar surface area (TPSA) is 27.7 Å². The number of para-hydroxylation sites is 1. The van der Waals surface area contributed by atoms with E-state index in [-0.39, 0.29) is 12.6 Å². The summed E-state index contributed by atoms with van der Waals surface area (Å²) in [6.07, 6.45) is 12.0. The Labute approximate surface area is 140 Å². The number of hydrogen-bond acceptors (Lipinski definition) is 3. The van der Waals surface area contributed by atoms with Crippen molar-refractivity contribution in [3.05, 3.63) is 42.0 Å². The van der Waals surface area contributed by atoms with E-state index in [1.807, 2.05) is 43.3 Å². The van der Waals surface area contributed by atoms with Crippen LogP contribution in [0.25, 0.3) is 0 Å². The summed E-state index contributed by atoms with van der Waals surface area (Å²) >= 11 is 0. The van der Waals surface area contributed by atoms with Crippen molar-refractivity contribution in [1.29, 1.82) is 0 Å². The summed E-state index contributed by atoms with van der Waals surface area (Å²) in [5, 5.41) is 0. The molecular weight excluding hydrogens is 288 g/mol. The molecule has 0 fully saturated rings. The summed E-state index contributed by atoms with van der Waals surface area (Å²) in [4.78, 5) is 0. The lowest BCUT2D eigenvalue weighted by atomic mass is 10.1. The largest absolute Gasteiger partial charge is 0.461 e. The molecule has 1 aromatic rings. The van der Waals surface area contributed by atoms with Gasteiger partial charge in [-0.05, 0) is 37.5 Å². The summed E-state index contributed by atoms with van der Waals surface area (Å²) in [6.45, 7) is 4.88. The molecule has 128 valence electrons. The van der Waals surface area contributed by atoms with E-state index >= 15 is 0 Å². The van der Waals surface area contributed by atoms with Crippen molar-refractivity contribution in [2.45, 2.75) is 71.4 Å². The minimum atomic E-state index is -0.372. The van der Waals surface area contributed by atoms with E-state index in [9.17, 15) is 0 Å². The Morgan fingerprint density at radius 3 is 2.70 bits per heavy atom. The molecule has 0 bridgehead atoms. The average Bonchev–Trinajstić information content (AvgIpc) is 2.78. The second kappa shape index (κ2) is 10.5. The fraction of sp³-hybridized carbons (Fsp3) is 0.600. The first-order valence-corrected chi connectivity index (χ1v) is 8.95. The van der Waals surface area contributed by atoms with Crippen molar-refractivity contribution in [1.82, 2.24) is 0 Å². The lowest BCUT2D eigenvalue weighted by Crippen LogP contribution is -2.26. The van der Waals surface area contributed by atoms with Crippen LogP contribution in [0.3, 0.4) is 0 Å². The highest BCUT2D eigenvalue weighted by Gasteiger charge is 2.19. The fourth-order valence-electron chi connectivity index (χ4n) is 2.69. The molecule has 23 heavy (non-hydrogen) atoms. The monoisotopic (exact) mass is 318 g/mol. The maximum absolute atomic E-state index is 5.97. The minimum Gasteiger partial charge on any atom is -0.461 e. The third-order valence-electron chi connectivity index (χ3n) is 4.09. The maximum atomic E-state index is 5.97. The van der Waals surface area contributed by atoms with E-state index in [1.54, 1.807) is 0 Å². The Morgan fingerprint density at radius 1 is 1.09 bits per heavy atom. The number of rotatable bonds is 9. The molecule has 3 nitrogen and oxygen atoms in total. The first-order chi connectivity index (χ1) is 11.3. The van der Waals surface area contributed by atoms with Crippen molar-refractivity contribution in [2.24, 2.45) is 0 Å². The first-order valence-electron chi connectivity index (χ1n) is 8.95. The van der Waals surface area contributed by atoms with Gasteiger partial charge in [0.2, 0.25) is 6.29 Å². The number of hydrogen-bond donors (Lipinski definition) is 0. The molecule has 0 saturated carbocycles. The molecule has 1 aliphatic heterocycles. The summed E-state index contributed by atoms with van der Waals surface area (Å²) in [6, 6.07) is 8.00. The van der Waals surface area contributed by atoms with E-state index in [2.05, 4.69) is 6.92 Å². The van der Waals surface area contributed by atoms with Gasteiger partial charge >= 0.3 is 0 Å². The molecule has 0 aliphatic carbocycles. The molecule has 2 atom stereocenters. The standard InChI is InChI=1S/C20H30O3/c1-3-4-5-6-7-8-14-19-21-16-11-15-20(23-19)22-18-13-10-9-12-17(18)2/h9-13,15,19-20H,3-8,14,16H2,1-2H3. The van der Waals surface area contributed by atoms with Crippen LogP contribution in [0, 0.1) is 6.92 Å². The van der Waals surface area contributed by atoms with Gasteiger partial charge in [-0.25, -0.2) is 0 Å². The van der Waals surface area contributed by atoms with Crippen molar-refractivity contribution in [2.75, 3.05) is 6.61 Å². The highest BCUT2D eigenvalue weighted by Crippen LogP contribution is 2.21. The summed E-state index contributed by atoms with van der Waals surface area (Å²) in [5.74, 6) is 0.863. The van der Waals surface area contributed by atoms with Crippen LogP contribution >= 0.6 is 0 Å². The van der Waals surface area contributed by atoms with Gasteiger partial charge in [0, 0.05) is 0 Å². The Balaban J connectivity index is 1.75. The molecule has 0 radical (unpaired) electrons. The molecule has 1 aromatic carbocycles. The molecule has 0 N–H and O–H groups in total. The molecular formula is C20H30O3. The van der Waals surface area contributed by atoms with E-state index in [1.165, 1.54) is 32.1 Å². The smallest absolute Gasteiger partial charge is 0.222 e. The van der Waals surface area contributed by atoms with E-state index in [4.69, 9.17) is 14.2 Å². The number of ether oxygens (including phenoxy) is 3. The van der Waals surface area contributed by atoms with Crippen molar-refractivity contribution in [3.63, 3.8) is 0 Å². The lowest BCUT2D eigenvalue weighted by molar-refractivity contribution is -0.195. The van der Waals surface area contributed by atoms with Crippen molar-refractivity contribution < 1.29 is 14.2 Å². The minimum absolute atomic E-state index is 0.176. The van der Waals surface area contributed by atoms with E-state index < -0.39 is 0 Å². The molecule has 0 amide bonds. The van der Waals surface area contributed by atoms with Gasteiger partial charge in [0.1, 0.15) is 5.75 Å². The highest BCUT2D eigenvalue weighted by atomic mass is 16.8. The van der Waals surface area contributed by atoms with E-state index in [0.717, 1.165) is 24.2 Å². The zero-order chi connectivity index (χ0) is 16.3. The van der Waals surface area contributed by atoms with Crippen LogP contribution in [0.15, 0.2) is 36.4 Å². The Kier molecular flexibility index (Phi) is 8.19. The number of benzene rings is 1. The molecule has 1 heterocycles. The fourth-order valence-corrected chi connectivity index (χ4v) is 2.69. The van der Waals surface area contributed by atoms with Crippen LogP contribution in [-0.2, 0) is 9.47 Å². The van der Waals surface area contributed by atoms with Gasteiger partial charge in [-0.2, -0.15) is 0 Å². The quantitative estimate of drug-likeness (QED) is 0.452. The van der Waals surface area contributed by atoms with Crippen LogP contribution < -0.4 is 4.74 Å². The van der Waals surface area contributed by atoms with Gasteiger partial charge in [-0.15, -0.1) is 0 Å². The molecule has 2 unspecified atom stereocenters. The summed E-state index contributed by atoms with van der Waals surface area (Å²) < 4.78 is 17.7. The Hall–Kier alpha value is -1.32. The highest BCUT2D eigenvalue weighted by molar-refractivity contribution is 5.32. The van der Waals surface area contributed by atoms with Gasteiger partial charge in [-0.3, -0.25) is 0 Å². The van der Waals surface area contributed by atoms with Crippen LogP contribution in [0.1, 0.15) is 57.4 Å². The summed E-state index contributed by atoms with van der Waals surface area (Å²) in [7, 11) is 0. The summed E-state index contributed by atoms with van der Waals surface area (Å²) in [5.41, 5.74) is 1.11. The van der Waals surface area contributed by atoms with Gasteiger partial charge < -0.3 is 14.2 Å². The van der Waals surface area contributed by atoms with Crippen LogP contribution in [0.5, 0.6) is 5.75 Å². The maximum Gasteiger partial charge on any atom is 0.222 e. The zero-order valence-electron chi connectivity index (χ0n) is 14.5. The lowest BCUT2D eigenvalue weighted by Gasteiger charge is -2.22. The van der Waals surface area contributed by atoms with Crippen LogP contribution in [0.2, 0.25) is 0 Å². The zero-order valence-corrected chi connectivity index (χ0v) is 14.5. The number of unbranched alkanes of at least 4 members (excludes halogenated alkanes) is 5. The normalized spacial score (nSPS) is 21.1. The number of aryl methyl sites for hydroxylation is 1. The van der Waals surface area contributed by atoms with Gasteiger partial charge in [0.05, 0.1) is 6.61 Å². The molecule has 3 heteroatoms. The van der Waals surface area contributed by atoms with Crippen molar-refractivity contribution >= 4 is 0 Å². The van der Waals surface area contributed by atoms with Gasteiger partial charge in [0.15, 0.2) is 6.29 Å². The van der Waals surface area contributed by atoms with Crippen LogP contribution in [-0.4, -0.2) is 19.2 Å². The Bertz CT molecular complexity index is 470. The van der Waals surface area contributed by atoms with Crippen LogP contribution in [0.4, 0.5) is 0 Å². The Morgan fingerprint density at radius 2 is 1.87 bits per heavy atom. The van der Waals surface area contributed by atoms with Gasteiger partial charge in [0.25, 0.3) is 0 Å². The molecule has 2 rings (SSSR count).